The lowest BCUT2D eigenvalue weighted by molar-refractivity contribution is 0.463. The lowest BCUT2D eigenvalue weighted by Gasteiger charge is -2.33. The Kier molecular flexibility index (Phi) is 3.95. The van der Waals surface area contributed by atoms with Crippen molar-refractivity contribution in [3.8, 4) is 0 Å². The lowest BCUT2D eigenvalue weighted by atomic mass is 9.32. The molecule has 0 nitrogen and oxygen atoms in total. The van der Waals surface area contributed by atoms with Crippen molar-refractivity contribution < 1.29 is 0 Å². The van der Waals surface area contributed by atoms with Gasteiger partial charge in [0.05, 0.1) is 0 Å². The van der Waals surface area contributed by atoms with Gasteiger partial charge in [0.25, 0.3) is 0 Å². The smallest absolute Gasteiger partial charge is 0.0856 e. The third kappa shape index (κ3) is 2.55. The Bertz CT molecular complexity index is 137. The van der Waals surface area contributed by atoms with E-state index in [1.807, 2.05) is 0 Å². The number of rotatable bonds is 2. The van der Waals surface area contributed by atoms with Gasteiger partial charge in [-0.3, -0.25) is 0 Å². The Morgan fingerprint density at radius 3 is 1.36 bits per heavy atom. The van der Waals surface area contributed by atoms with Crippen LogP contribution in [0.2, 0.25) is 18.5 Å². The van der Waals surface area contributed by atoms with Crippen LogP contribution in [0.4, 0.5) is 0 Å². The average Bonchev–Trinajstić information content (AvgIpc) is 2.30. The quantitative estimate of drug-likeness (QED) is 0.552. The van der Waals surface area contributed by atoms with Crippen molar-refractivity contribution in [1.29, 1.82) is 0 Å². The van der Waals surface area contributed by atoms with Crippen LogP contribution >= 0.6 is 0 Å². The Hall–Kier alpha value is 0.0649. The monoisotopic (exact) mass is 192 g/mol. The van der Waals surface area contributed by atoms with E-state index in [0.29, 0.717) is 0 Å². The SMILES string of the molecule is CB(C1CCCCC1)C1CCCCC1. The molecule has 2 fully saturated rings. The maximum Gasteiger partial charge on any atom is 0.143 e. The molecule has 0 heterocycles. The minimum atomic E-state index is 1.04. The van der Waals surface area contributed by atoms with E-state index in [-0.39, 0.29) is 0 Å². The molecule has 0 spiro atoms. The van der Waals surface area contributed by atoms with Crippen LogP contribution in [0, 0.1) is 0 Å². The lowest BCUT2D eigenvalue weighted by Crippen LogP contribution is -2.26. The van der Waals surface area contributed by atoms with Gasteiger partial charge in [-0.25, -0.2) is 0 Å². The van der Waals surface area contributed by atoms with Crippen molar-refractivity contribution in [3.05, 3.63) is 0 Å². The van der Waals surface area contributed by atoms with Crippen molar-refractivity contribution >= 4 is 6.71 Å². The van der Waals surface area contributed by atoms with Gasteiger partial charge in [-0.05, 0) is 0 Å². The average molecular weight is 192 g/mol. The number of hydrogen-bond donors (Lipinski definition) is 0. The van der Waals surface area contributed by atoms with Gasteiger partial charge in [-0.15, -0.1) is 0 Å². The molecule has 2 saturated carbocycles. The summed E-state index contributed by atoms with van der Waals surface area (Å²) >= 11 is 0. The second-order valence-electron chi connectivity index (χ2n) is 5.66. The molecular weight excluding hydrogens is 167 g/mol. The summed E-state index contributed by atoms with van der Waals surface area (Å²) in [6.45, 7) is 3.59. The van der Waals surface area contributed by atoms with Gasteiger partial charge in [-0.2, -0.15) is 0 Å². The Morgan fingerprint density at radius 2 is 1.00 bits per heavy atom. The zero-order chi connectivity index (χ0) is 9.80. The fourth-order valence-corrected chi connectivity index (χ4v) is 3.70. The summed E-state index contributed by atoms with van der Waals surface area (Å²) in [6.07, 6.45) is 15.2. The van der Waals surface area contributed by atoms with Gasteiger partial charge in [0.15, 0.2) is 0 Å². The molecule has 0 radical (unpaired) electrons. The van der Waals surface area contributed by atoms with Gasteiger partial charge in [0, 0.05) is 0 Å². The van der Waals surface area contributed by atoms with Crippen LogP contribution in [0.25, 0.3) is 0 Å². The van der Waals surface area contributed by atoms with Crippen molar-refractivity contribution in [3.63, 3.8) is 0 Å². The predicted octanol–water partition coefficient (Wildman–Crippen LogP) is 4.78. The van der Waals surface area contributed by atoms with Gasteiger partial charge >= 0.3 is 0 Å². The molecule has 0 saturated heterocycles. The molecule has 0 aromatic rings. The highest BCUT2D eigenvalue weighted by atomic mass is 14.2. The van der Waals surface area contributed by atoms with Crippen LogP contribution in [0.5, 0.6) is 0 Å². The molecule has 0 bridgehead atoms. The number of hydrogen-bond acceptors (Lipinski definition) is 0. The third-order valence-electron chi connectivity index (χ3n) is 4.79. The molecule has 0 aromatic carbocycles. The van der Waals surface area contributed by atoms with Gasteiger partial charge in [0.2, 0.25) is 0 Å². The highest BCUT2D eigenvalue weighted by Gasteiger charge is 2.30. The van der Waals surface area contributed by atoms with E-state index in [4.69, 9.17) is 0 Å². The molecule has 0 unspecified atom stereocenters. The first-order valence-corrected chi connectivity index (χ1v) is 6.88. The summed E-state index contributed by atoms with van der Waals surface area (Å²) in [7, 11) is 0. The Balaban J connectivity index is 1.82. The van der Waals surface area contributed by atoms with Gasteiger partial charge in [-0.1, -0.05) is 82.7 Å². The molecule has 80 valence electrons. The highest BCUT2D eigenvalue weighted by Crippen LogP contribution is 2.40. The second kappa shape index (κ2) is 5.23. The van der Waals surface area contributed by atoms with Crippen LogP contribution < -0.4 is 0 Å². The van der Waals surface area contributed by atoms with Crippen LogP contribution in [0.1, 0.15) is 64.2 Å². The third-order valence-corrected chi connectivity index (χ3v) is 4.79. The Morgan fingerprint density at radius 1 is 0.643 bits per heavy atom. The molecular formula is C13H25B. The molecule has 0 aliphatic heterocycles. The molecule has 1 heteroatoms. The molecule has 2 aliphatic rings. The summed E-state index contributed by atoms with van der Waals surface area (Å²) in [4.78, 5) is 0. The maximum atomic E-state index is 2.55. The molecule has 0 aromatic heterocycles. The molecule has 2 rings (SSSR count). The molecule has 0 atom stereocenters. The Labute approximate surface area is 89.9 Å². The molecule has 0 N–H and O–H groups in total. The van der Waals surface area contributed by atoms with Crippen molar-refractivity contribution in [1.82, 2.24) is 0 Å². The predicted molar refractivity (Wildman–Crippen MR) is 65.3 cm³/mol. The topological polar surface area (TPSA) is 0 Å². The highest BCUT2D eigenvalue weighted by molar-refractivity contribution is 6.60. The van der Waals surface area contributed by atoms with E-state index in [1.165, 1.54) is 64.2 Å². The minimum Gasteiger partial charge on any atom is -0.0856 e. The largest absolute Gasteiger partial charge is 0.143 e. The zero-order valence-corrected chi connectivity index (χ0v) is 9.80. The van der Waals surface area contributed by atoms with Crippen molar-refractivity contribution in [2.75, 3.05) is 0 Å². The molecule has 0 amide bonds. The van der Waals surface area contributed by atoms with E-state index in [9.17, 15) is 0 Å². The first-order valence-electron chi connectivity index (χ1n) is 6.88. The first kappa shape index (κ1) is 10.6. The van der Waals surface area contributed by atoms with E-state index in [2.05, 4.69) is 6.82 Å². The summed E-state index contributed by atoms with van der Waals surface area (Å²) < 4.78 is 0. The van der Waals surface area contributed by atoms with Gasteiger partial charge < -0.3 is 0 Å². The van der Waals surface area contributed by atoms with Crippen LogP contribution in [-0.4, -0.2) is 6.71 Å². The van der Waals surface area contributed by atoms with Crippen LogP contribution in [0.15, 0.2) is 0 Å². The van der Waals surface area contributed by atoms with Gasteiger partial charge in [0.1, 0.15) is 6.71 Å². The van der Waals surface area contributed by atoms with Crippen molar-refractivity contribution in [2.45, 2.75) is 82.7 Å². The van der Waals surface area contributed by atoms with Crippen LogP contribution in [0.3, 0.4) is 0 Å². The minimum absolute atomic E-state index is 1.04. The van der Waals surface area contributed by atoms with Crippen molar-refractivity contribution in [2.24, 2.45) is 0 Å². The van der Waals surface area contributed by atoms with E-state index in [1.54, 1.807) is 0 Å². The van der Waals surface area contributed by atoms with E-state index >= 15 is 0 Å². The maximum absolute atomic E-state index is 2.55. The second-order valence-corrected chi connectivity index (χ2v) is 5.66. The molecule has 14 heavy (non-hydrogen) atoms. The van der Waals surface area contributed by atoms with Crippen LogP contribution in [-0.2, 0) is 0 Å². The first-order chi connectivity index (χ1) is 6.88. The summed E-state index contributed by atoms with van der Waals surface area (Å²) in [5.74, 6) is 2.18. The van der Waals surface area contributed by atoms with E-state index in [0.717, 1.165) is 18.3 Å². The zero-order valence-electron chi connectivity index (χ0n) is 9.80. The summed E-state index contributed by atoms with van der Waals surface area (Å²) in [5.41, 5.74) is 0. The normalized spacial score (nSPS) is 26.4. The fourth-order valence-electron chi connectivity index (χ4n) is 3.70. The fraction of sp³-hybridized carbons (Fsp3) is 1.00. The summed E-state index contributed by atoms with van der Waals surface area (Å²) in [5, 5.41) is 0. The standard InChI is InChI=1S/C13H25B/c1-14(12-8-4-2-5-9-12)13-10-6-3-7-11-13/h12-13H,2-11H2,1H3. The van der Waals surface area contributed by atoms with E-state index < -0.39 is 0 Å². The molecule has 2 aliphatic carbocycles. The summed E-state index contributed by atoms with van der Waals surface area (Å²) in [6, 6.07) is 0.